The van der Waals surface area contributed by atoms with Crippen molar-refractivity contribution >= 4 is 48.9 Å². The molecule has 2 aliphatic rings. The number of benzene rings is 1. The van der Waals surface area contributed by atoms with E-state index < -0.39 is 22.3 Å². The normalized spacial score (nSPS) is 17.6. The molecule has 0 bridgehead atoms. The van der Waals surface area contributed by atoms with Crippen molar-refractivity contribution in [2.75, 3.05) is 74.1 Å². The lowest BCUT2D eigenvalue weighted by atomic mass is 10.3. The van der Waals surface area contributed by atoms with E-state index in [1.54, 1.807) is 18.2 Å². The molecule has 0 unspecified atom stereocenters. The minimum absolute atomic E-state index is 0.00643. The molecule has 200 valence electrons. The Hall–Kier alpha value is -2.69. The third-order valence-electron chi connectivity index (χ3n) is 6.24. The number of piperazine rings is 1. The van der Waals surface area contributed by atoms with Gasteiger partial charge in [0.05, 0.1) is 25.8 Å². The van der Waals surface area contributed by atoms with Crippen LogP contribution in [0.2, 0.25) is 0 Å². The lowest BCUT2D eigenvalue weighted by molar-refractivity contribution is 0.122. The first-order valence-corrected chi connectivity index (χ1v) is 14.3. The molecule has 0 radical (unpaired) electrons. The molecule has 1 aromatic carbocycles. The second-order valence-corrected chi connectivity index (χ2v) is 11.6. The number of nitrogens with zero attached hydrogens (tertiary/aromatic N) is 8. The van der Waals surface area contributed by atoms with Gasteiger partial charge in [-0.25, -0.2) is 22.2 Å². The van der Waals surface area contributed by atoms with E-state index in [-0.39, 0.29) is 35.2 Å². The fraction of sp³-hybridized carbons (Fsp3) is 0.524. The van der Waals surface area contributed by atoms with E-state index in [1.165, 1.54) is 16.0 Å². The Kier molecular flexibility index (Phi) is 7.42. The number of hydrogen-bond donors (Lipinski definition) is 0. The van der Waals surface area contributed by atoms with Gasteiger partial charge in [-0.15, -0.1) is 0 Å². The molecule has 12 nitrogen and oxygen atoms in total. The topological polar surface area (TPSA) is 119 Å². The van der Waals surface area contributed by atoms with Gasteiger partial charge in [-0.05, 0) is 12.1 Å². The third-order valence-corrected chi connectivity index (χ3v) is 9.40. The largest absolute Gasteiger partial charge is 0.494 e. The summed E-state index contributed by atoms with van der Waals surface area (Å²) < 4.78 is 66.1. The van der Waals surface area contributed by atoms with E-state index in [0.29, 0.717) is 56.6 Å². The summed E-state index contributed by atoms with van der Waals surface area (Å²) in [4.78, 5) is 21.7. The first-order valence-electron chi connectivity index (χ1n) is 11.5. The highest BCUT2D eigenvalue weighted by Gasteiger charge is 2.30. The lowest BCUT2D eigenvalue weighted by Gasteiger charge is -2.34. The Balaban J connectivity index is 1.61. The van der Waals surface area contributed by atoms with Crippen LogP contribution in [0, 0.1) is 0 Å². The number of imidazole rings is 1. The lowest BCUT2D eigenvalue weighted by Crippen LogP contribution is -2.49. The van der Waals surface area contributed by atoms with Gasteiger partial charge >= 0.3 is 0 Å². The standard InChI is InChI=1S/C21H25BrF2N8O4S/c1-35-15-4-2-3-14-16(15)25-18(17(23)24)32(14)21-27-19(26-20(28-21)30-9-11-36-12-10-30)29-5-7-31(8-6-29)37(33,34)13-22/h2-4,17H,5-13H2,1H3. The van der Waals surface area contributed by atoms with E-state index in [2.05, 4.69) is 35.9 Å². The average molecular weight is 603 g/mol. The highest BCUT2D eigenvalue weighted by atomic mass is 79.9. The van der Waals surface area contributed by atoms with E-state index in [1.807, 2.05) is 9.80 Å². The average Bonchev–Trinajstić information content (AvgIpc) is 3.34. The first kappa shape index (κ1) is 25.9. The molecule has 0 N–H and O–H groups in total. The Morgan fingerprint density at radius 1 is 0.973 bits per heavy atom. The molecule has 4 heterocycles. The number of rotatable bonds is 7. The smallest absolute Gasteiger partial charge is 0.296 e. The van der Waals surface area contributed by atoms with Crippen molar-refractivity contribution in [1.29, 1.82) is 0 Å². The summed E-state index contributed by atoms with van der Waals surface area (Å²) in [5.74, 6) is 0.423. The molecule has 2 aliphatic heterocycles. The molecule has 2 fully saturated rings. The van der Waals surface area contributed by atoms with Crippen LogP contribution < -0.4 is 14.5 Å². The van der Waals surface area contributed by atoms with Crippen molar-refractivity contribution in [3.05, 3.63) is 24.0 Å². The number of hydrogen-bond acceptors (Lipinski definition) is 10. The number of halogens is 3. The Labute approximate surface area is 220 Å². The number of aromatic nitrogens is 5. The van der Waals surface area contributed by atoms with E-state index >= 15 is 0 Å². The number of para-hydroxylation sites is 1. The van der Waals surface area contributed by atoms with Crippen LogP contribution in [0.5, 0.6) is 5.75 Å². The zero-order chi connectivity index (χ0) is 26.2. The van der Waals surface area contributed by atoms with E-state index in [4.69, 9.17) is 9.47 Å². The summed E-state index contributed by atoms with van der Waals surface area (Å²) in [6.07, 6.45) is -2.90. The maximum atomic E-state index is 14.2. The number of morpholine rings is 1. The molecule has 0 amide bonds. The second kappa shape index (κ2) is 10.6. The summed E-state index contributed by atoms with van der Waals surface area (Å²) in [5, 5.41) is 0. The molecular formula is C21H25BrF2N8O4S. The van der Waals surface area contributed by atoms with Gasteiger partial charge in [0.1, 0.15) is 15.9 Å². The van der Waals surface area contributed by atoms with Gasteiger partial charge in [-0.2, -0.15) is 19.3 Å². The number of ether oxygens (including phenoxy) is 2. The van der Waals surface area contributed by atoms with Gasteiger partial charge in [-0.1, -0.05) is 22.0 Å². The first-order chi connectivity index (χ1) is 17.8. The van der Waals surface area contributed by atoms with Gasteiger partial charge in [0.15, 0.2) is 5.82 Å². The van der Waals surface area contributed by atoms with Crippen LogP contribution in [0.15, 0.2) is 18.2 Å². The highest BCUT2D eigenvalue weighted by molar-refractivity contribution is 9.10. The van der Waals surface area contributed by atoms with Crippen molar-refractivity contribution < 1.29 is 26.7 Å². The van der Waals surface area contributed by atoms with Crippen molar-refractivity contribution in [3.63, 3.8) is 0 Å². The van der Waals surface area contributed by atoms with Crippen LogP contribution in [0.3, 0.4) is 0 Å². The minimum Gasteiger partial charge on any atom is -0.494 e. The molecule has 5 rings (SSSR count). The Bertz CT molecular complexity index is 1380. The fourth-order valence-electron chi connectivity index (χ4n) is 4.34. The maximum absolute atomic E-state index is 14.2. The summed E-state index contributed by atoms with van der Waals surface area (Å²) in [7, 11) is -1.95. The number of alkyl halides is 3. The monoisotopic (exact) mass is 602 g/mol. The molecule has 2 aromatic heterocycles. The molecule has 0 spiro atoms. The van der Waals surface area contributed by atoms with Gasteiger partial charge in [-0.3, -0.25) is 4.57 Å². The van der Waals surface area contributed by atoms with Crippen molar-refractivity contribution in [3.8, 4) is 11.7 Å². The quantitative estimate of drug-likeness (QED) is 0.370. The number of fused-ring (bicyclic) bond motifs is 1. The molecule has 3 aromatic rings. The maximum Gasteiger partial charge on any atom is 0.296 e. The zero-order valence-electron chi connectivity index (χ0n) is 19.9. The van der Waals surface area contributed by atoms with Crippen LogP contribution >= 0.6 is 15.9 Å². The van der Waals surface area contributed by atoms with Crippen LogP contribution in [0.25, 0.3) is 17.0 Å². The predicted molar refractivity (Wildman–Crippen MR) is 135 cm³/mol. The molecule has 0 aliphatic carbocycles. The third kappa shape index (κ3) is 5.06. The Morgan fingerprint density at radius 3 is 2.19 bits per heavy atom. The van der Waals surface area contributed by atoms with Crippen molar-refractivity contribution in [1.82, 2.24) is 28.8 Å². The molecule has 0 saturated carbocycles. The highest BCUT2D eigenvalue weighted by Crippen LogP contribution is 2.32. The van der Waals surface area contributed by atoms with E-state index in [0.717, 1.165) is 0 Å². The summed E-state index contributed by atoms with van der Waals surface area (Å²) >= 11 is 3.03. The minimum atomic E-state index is -3.40. The van der Waals surface area contributed by atoms with Gasteiger partial charge < -0.3 is 19.3 Å². The van der Waals surface area contributed by atoms with Crippen LogP contribution in [-0.2, 0) is 14.8 Å². The van der Waals surface area contributed by atoms with Crippen molar-refractivity contribution in [2.45, 2.75) is 6.43 Å². The fourth-order valence-corrected chi connectivity index (χ4v) is 6.06. The number of anilines is 2. The number of sulfonamides is 1. The SMILES string of the molecule is COc1cccc2c1nc(C(F)F)n2-c1nc(N2CCOCC2)nc(N2CCN(S(=O)(=O)CBr)CC2)n1. The van der Waals surface area contributed by atoms with Gasteiger partial charge in [0, 0.05) is 39.3 Å². The number of methoxy groups -OCH3 is 1. The van der Waals surface area contributed by atoms with Gasteiger partial charge in [0.25, 0.3) is 6.43 Å². The molecule has 0 atom stereocenters. The molecule has 37 heavy (non-hydrogen) atoms. The molecule has 16 heteroatoms. The van der Waals surface area contributed by atoms with Crippen LogP contribution in [-0.4, -0.2) is 101 Å². The second-order valence-electron chi connectivity index (χ2n) is 8.38. The van der Waals surface area contributed by atoms with Gasteiger partial charge in [0.2, 0.25) is 27.9 Å². The Morgan fingerprint density at radius 2 is 1.59 bits per heavy atom. The predicted octanol–water partition coefficient (Wildman–Crippen LogP) is 1.80. The zero-order valence-corrected chi connectivity index (χ0v) is 22.3. The molecule has 2 saturated heterocycles. The summed E-state index contributed by atoms with van der Waals surface area (Å²) in [5.41, 5.74) is 0.636. The van der Waals surface area contributed by atoms with Crippen molar-refractivity contribution in [2.24, 2.45) is 0 Å². The van der Waals surface area contributed by atoms with E-state index in [9.17, 15) is 17.2 Å². The van der Waals surface area contributed by atoms with Crippen LogP contribution in [0.4, 0.5) is 20.7 Å². The van der Waals surface area contributed by atoms with Crippen LogP contribution in [0.1, 0.15) is 12.2 Å². The summed E-state index contributed by atoms with van der Waals surface area (Å²) in [6.45, 7) is 3.17. The summed E-state index contributed by atoms with van der Waals surface area (Å²) in [6, 6.07) is 4.98. The molecular weight excluding hydrogens is 578 g/mol.